The first kappa shape index (κ1) is 14.5. The first-order chi connectivity index (χ1) is 9.88. The van der Waals surface area contributed by atoms with Crippen LogP contribution >= 0.6 is 0 Å². The lowest BCUT2D eigenvalue weighted by Gasteiger charge is -2.10. The molecular weight excluding hydrogens is 272 g/mol. The van der Waals surface area contributed by atoms with Crippen molar-refractivity contribution in [1.29, 1.82) is 0 Å². The van der Waals surface area contributed by atoms with Gasteiger partial charge in [0, 0.05) is 11.8 Å². The van der Waals surface area contributed by atoms with Crippen molar-refractivity contribution in [1.82, 2.24) is 0 Å². The monoisotopic (exact) mass is 286 g/mol. The molecule has 0 spiro atoms. The highest BCUT2D eigenvalue weighted by Gasteiger charge is 2.16. The Balaban J connectivity index is 2.45. The average Bonchev–Trinajstić information content (AvgIpc) is 2.42. The molecule has 6 nitrogen and oxygen atoms in total. The SMILES string of the molecule is Cc1ccc(Nc2cc(C(=O)O)ccc2[N+](=O)[O-])cc1C. The molecule has 21 heavy (non-hydrogen) atoms. The second-order valence-corrected chi connectivity index (χ2v) is 4.72. The standard InChI is InChI=1S/C15H14N2O4/c1-9-3-5-12(7-10(9)2)16-13-8-11(15(18)19)4-6-14(13)17(20)21/h3-8,16H,1-2H3,(H,18,19). The molecule has 0 aliphatic carbocycles. The number of rotatable bonds is 4. The van der Waals surface area contributed by atoms with E-state index in [2.05, 4.69) is 5.32 Å². The van der Waals surface area contributed by atoms with Gasteiger partial charge in [0.05, 0.1) is 10.5 Å². The number of nitrogens with zero attached hydrogens (tertiary/aromatic N) is 1. The second-order valence-electron chi connectivity index (χ2n) is 4.72. The fourth-order valence-corrected chi connectivity index (χ4v) is 1.90. The maximum absolute atomic E-state index is 11.0. The van der Waals surface area contributed by atoms with Gasteiger partial charge in [-0.15, -0.1) is 0 Å². The molecule has 0 atom stereocenters. The van der Waals surface area contributed by atoms with Crippen molar-refractivity contribution < 1.29 is 14.8 Å². The van der Waals surface area contributed by atoms with Crippen LogP contribution in [0, 0.1) is 24.0 Å². The van der Waals surface area contributed by atoms with Gasteiger partial charge in [0.2, 0.25) is 0 Å². The molecule has 0 unspecified atom stereocenters. The van der Waals surface area contributed by atoms with E-state index in [1.54, 1.807) is 6.07 Å². The summed E-state index contributed by atoms with van der Waals surface area (Å²) in [4.78, 5) is 21.5. The summed E-state index contributed by atoms with van der Waals surface area (Å²) in [6, 6.07) is 9.20. The Bertz CT molecular complexity index is 726. The van der Waals surface area contributed by atoms with Crippen molar-refractivity contribution in [3.05, 3.63) is 63.2 Å². The van der Waals surface area contributed by atoms with E-state index in [1.165, 1.54) is 18.2 Å². The fraction of sp³-hybridized carbons (Fsp3) is 0.133. The molecule has 0 bridgehead atoms. The Morgan fingerprint density at radius 2 is 1.86 bits per heavy atom. The highest BCUT2D eigenvalue weighted by molar-refractivity contribution is 5.90. The van der Waals surface area contributed by atoms with Crippen LogP contribution in [0.3, 0.4) is 0 Å². The van der Waals surface area contributed by atoms with Gasteiger partial charge in [-0.2, -0.15) is 0 Å². The van der Waals surface area contributed by atoms with Crippen LogP contribution in [0.2, 0.25) is 0 Å². The number of benzene rings is 2. The third-order valence-corrected chi connectivity index (χ3v) is 3.23. The van der Waals surface area contributed by atoms with Crippen LogP contribution in [0.1, 0.15) is 21.5 Å². The Kier molecular flexibility index (Phi) is 3.89. The maximum atomic E-state index is 11.0. The zero-order valence-electron chi connectivity index (χ0n) is 11.6. The quantitative estimate of drug-likeness (QED) is 0.661. The summed E-state index contributed by atoms with van der Waals surface area (Å²) < 4.78 is 0. The second kappa shape index (κ2) is 5.62. The minimum absolute atomic E-state index is 0.00747. The molecule has 0 saturated carbocycles. The molecule has 0 amide bonds. The first-order valence-electron chi connectivity index (χ1n) is 6.24. The van der Waals surface area contributed by atoms with E-state index in [1.807, 2.05) is 26.0 Å². The Labute approximate surface area is 121 Å². The minimum atomic E-state index is -1.13. The van der Waals surface area contributed by atoms with Gasteiger partial charge in [0.25, 0.3) is 5.69 Å². The van der Waals surface area contributed by atoms with Gasteiger partial charge < -0.3 is 10.4 Å². The zero-order valence-corrected chi connectivity index (χ0v) is 11.6. The van der Waals surface area contributed by atoms with Crippen molar-refractivity contribution in [2.24, 2.45) is 0 Å². The van der Waals surface area contributed by atoms with Crippen LogP contribution in [0.25, 0.3) is 0 Å². The van der Waals surface area contributed by atoms with Crippen molar-refractivity contribution >= 4 is 23.0 Å². The molecule has 2 rings (SSSR count). The van der Waals surface area contributed by atoms with Crippen LogP contribution in [-0.2, 0) is 0 Å². The maximum Gasteiger partial charge on any atom is 0.335 e. The normalized spacial score (nSPS) is 10.2. The third kappa shape index (κ3) is 3.17. The van der Waals surface area contributed by atoms with Crippen LogP contribution < -0.4 is 5.32 Å². The highest BCUT2D eigenvalue weighted by Crippen LogP contribution is 2.29. The lowest BCUT2D eigenvalue weighted by Crippen LogP contribution is -2.02. The molecule has 0 aromatic heterocycles. The number of nitro groups is 1. The third-order valence-electron chi connectivity index (χ3n) is 3.23. The van der Waals surface area contributed by atoms with Gasteiger partial charge in [0.1, 0.15) is 5.69 Å². The molecule has 0 heterocycles. The smallest absolute Gasteiger partial charge is 0.335 e. The van der Waals surface area contributed by atoms with Crippen molar-refractivity contribution in [2.45, 2.75) is 13.8 Å². The van der Waals surface area contributed by atoms with Gasteiger partial charge in [-0.05, 0) is 49.2 Å². The van der Waals surface area contributed by atoms with Gasteiger partial charge in [-0.1, -0.05) is 6.07 Å². The molecule has 0 fully saturated rings. The largest absolute Gasteiger partial charge is 0.478 e. The lowest BCUT2D eigenvalue weighted by molar-refractivity contribution is -0.383. The van der Waals surface area contributed by atoms with Crippen molar-refractivity contribution in [3.8, 4) is 0 Å². The predicted octanol–water partition coefficient (Wildman–Crippen LogP) is 3.65. The number of anilines is 2. The van der Waals surface area contributed by atoms with E-state index in [0.717, 1.165) is 11.1 Å². The van der Waals surface area contributed by atoms with Crippen molar-refractivity contribution in [3.63, 3.8) is 0 Å². The van der Waals surface area contributed by atoms with Gasteiger partial charge >= 0.3 is 5.97 Å². The highest BCUT2D eigenvalue weighted by atomic mass is 16.6. The first-order valence-corrected chi connectivity index (χ1v) is 6.24. The van der Waals surface area contributed by atoms with E-state index in [4.69, 9.17) is 5.11 Å². The van der Waals surface area contributed by atoms with Crippen molar-refractivity contribution in [2.75, 3.05) is 5.32 Å². The predicted molar refractivity (Wildman–Crippen MR) is 79.3 cm³/mol. The van der Waals surface area contributed by atoms with E-state index >= 15 is 0 Å². The summed E-state index contributed by atoms with van der Waals surface area (Å²) >= 11 is 0. The van der Waals surface area contributed by atoms with E-state index in [0.29, 0.717) is 5.69 Å². The number of nitro benzene ring substituents is 1. The lowest BCUT2D eigenvalue weighted by atomic mass is 10.1. The van der Waals surface area contributed by atoms with Gasteiger partial charge in [0.15, 0.2) is 0 Å². The Hall–Kier alpha value is -2.89. The average molecular weight is 286 g/mol. The number of carboxylic acid groups (broad SMARTS) is 1. The minimum Gasteiger partial charge on any atom is -0.478 e. The number of nitrogens with one attached hydrogen (secondary N) is 1. The van der Waals surface area contributed by atoms with Crippen LogP contribution in [0.15, 0.2) is 36.4 Å². The van der Waals surface area contributed by atoms with Crippen LogP contribution in [0.4, 0.5) is 17.1 Å². The number of hydrogen-bond acceptors (Lipinski definition) is 4. The number of aromatic carboxylic acids is 1. The summed E-state index contributed by atoms with van der Waals surface area (Å²) in [5.74, 6) is -1.13. The summed E-state index contributed by atoms with van der Waals surface area (Å²) in [6.45, 7) is 3.90. The molecular formula is C15H14N2O4. The summed E-state index contributed by atoms with van der Waals surface area (Å²) in [5.41, 5.74) is 2.79. The molecule has 0 radical (unpaired) electrons. The molecule has 0 aliphatic heterocycles. The summed E-state index contributed by atoms with van der Waals surface area (Å²) in [6.07, 6.45) is 0. The Morgan fingerprint density at radius 3 is 2.43 bits per heavy atom. The summed E-state index contributed by atoms with van der Waals surface area (Å²) in [5, 5.41) is 22.9. The molecule has 2 N–H and O–H groups in total. The Morgan fingerprint density at radius 1 is 1.14 bits per heavy atom. The topological polar surface area (TPSA) is 92.5 Å². The van der Waals surface area contributed by atoms with E-state index in [-0.39, 0.29) is 16.9 Å². The molecule has 0 aliphatic rings. The molecule has 108 valence electrons. The number of hydrogen-bond donors (Lipinski definition) is 2. The van der Waals surface area contributed by atoms with E-state index < -0.39 is 10.9 Å². The zero-order chi connectivity index (χ0) is 15.6. The van der Waals surface area contributed by atoms with Gasteiger partial charge in [-0.3, -0.25) is 10.1 Å². The number of aryl methyl sites for hydroxylation is 2. The molecule has 0 saturated heterocycles. The van der Waals surface area contributed by atoms with Crippen LogP contribution in [-0.4, -0.2) is 16.0 Å². The van der Waals surface area contributed by atoms with Gasteiger partial charge in [-0.25, -0.2) is 4.79 Å². The molecule has 2 aromatic carbocycles. The number of carbonyl (C=O) groups is 1. The summed E-state index contributed by atoms with van der Waals surface area (Å²) in [7, 11) is 0. The van der Waals surface area contributed by atoms with E-state index in [9.17, 15) is 14.9 Å². The fourth-order valence-electron chi connectivity index (χ4n) is 1.90. The van der Waals surface area contributed by atoms with Crippen LogP contribution in [0.5, 0.6) is 0 Å². The molecule has 2 aromatic rings. The molecule has 6 heteroatoms. The number of carboxylic acids is 1.